The Bertz CT molecular complexity index is 763. The van der Waals surface area contributed by atoms with Crippen LogP contribution in [0.1, 0.15) is 5.56 Å². The third-order valence-electron chi connectivity index (χ3n) is 2.97. The maximum atomic E-state index is 12.2. The van der Waals surface area contributed by atoms with Crippen LogP contribution in [0.25, 0.3) is 0 Å². The predicted octanol–water partition coefficient (Wildman–Crippen LogP) is 4.13. The number of benzene rings is 2. The average molecular weight is 401 g/mol. The molecule has 2 rings (SSSR count). The van der Waals surface area contributed by atoms with Crippen LogP contribution in [0.15, 0.2) is 53.0 Å². The number of carbonyl (C=O) groups excluding carboxylic acids is 2. The Morgan fingerprint density at radius 2 is 1.58 bits per heavy atom. The molecule has 8 heteroatoms. The second-order valence-electron chi connectivity index (χ2n) is 4.85. The number of rotatable bonds is 4. The van der Waals surface area contributed by atoms with Gasteiger partial charge in [-0.2, -0.15) is 13.2 Å². The highest BCUT2D eigenvalue weighted by Gasteiger charge is 2.38. The van der Waals surface area contributed by atoms with Crippen molar-refractivity contribution in [3.05, 3.63) is 58.6 Å². The molecule has 2 aromatic rings. The minimum Gasteiger partial charge on any atom is -0.326 e. The molecule has 0 fully saturated rings. The fourth-order valence-corrected chi connectivity index (χ4v) is 2.32. The van der Waals surface area contributed by atoms with Crippen LogP contribution >= 0.6 is 15.9 Å². The second kappa shape index (κ2) is 7.48. The summed E-state index contributed by atoms with van der Waals surface area (Å²) in [6, 6.07) is 12.7. The van der Waals surface area contributed by atoms with E-state index in [9.17, 15) is 22.8 Å². The molecule has 2 N–H and O–H groups in total. The normalized spacial score (nSPS) is 11.0. The first kappa shape index (κ1) is 18.0. The van der Waals surface area contributed by atoms with E-state index in [1.807, 2.05) is 6.07 Å². The number of halogens is 4. The molecule has 24 heavy (non-hydrogen) atoms. The fourth-order valence-electron chi connectivity index (χ4n) is 1.90. The van der Waals surface area contributed by atoms with Gasteiger partial charge >= 0.3 is 12.1 Å². The summed E-state index contributed by atoms with van der Waals surface area (Å²) in [5.41, 5.74) is 1.000. The Balaban J connectivity index is 2.03. The Kier molecular flexibility index (Phi) is 5.61. The van der Waals surface area contributed by atoms with Crippen molar-refractivity contribution in [1.29, 1.82) is 0 Å². The molecule has 0 aliphatic heterocycles. The number of nitrogens with one attached hydrogen (secondary N) is 2. The standard InChI is InChI=1S/C16H12BrF3N2O2/c17-13-7-2-1-4-10(13)8-14(23)21-11-5-3-6-12(9-11)22-15(24)16(18,19)20/h1-7,9H,8H2,(H,21,23)(H,22,24). The van der Waals surface area contributed by atoms with Crippen LogP contribution in [0.5, 0.6) is 0 Å². The summed E-state index contributed by atoms with van der Waals surface area (Å²) in [6.07, 6.45) is -4.88. The van der Waals surface area contributed by atoms with Crippen LogP contribution in [0.3, 0.4) is 0 Å². The molecular weight excluding hydrogens is 389 g/mol. The lowest BCUT2D eigenvalue weighted by atomic mass is 10.1. The lowest BCUT2D eigenvalue weighted by Crippen LogP contribution is -2.29. The van der Waals surface area contributed by atoms with Crippen LogP contribution in [0.4, 0.5) is 24.5 Å². The summed E-state index contributed by atoms with van der Waals surface area (Å²) < 4.78 is 37.5. The van der Waals surface area contributed by atoms with Gasteiger partial charge in [-0.3, -0.25) is 9.59 Å². The minimum absolute atomic E-state index is 0.0592. The maximum Gasteiger partial charge on any atom is 0.471 e. The van der Waals surface area contributed by atoms with Gasteiger partial charge in [-0.15, -0.1) is 0 Å². The van der Waals surface area contributed by atoms with Crippen LogP contribution in [0.2, 0.25) is 0 Å². The molecular formula is C16H12BrF3N2O2. The summed E-state index contributed by atoms with van der Waals surface area (Å²) >= 11 is 3.33. The topological polar surface area (TPSA) is 58.2 Å². The van der Waals surface area contributed by atoms with Gasteiger partial charge in [-0.25, -0.2) is 0 Å². The summed E-state index contributed by atoms with van der Waals surface area (Å²) in [7, 11) is 0. The molecule has 0 aliphatic rings. The van der Waals surface area contributed by atoms with Gasteiger partial charge in [0.2, 0.25) is 5.91 Å². The molecule has 0 aromatic heterocycles. The summed E-state index contributed by atoms with van der Waals surface area (Å²) in [4.78, 5) is 22.9. The second-order valence-corrected chi connectivity index (χ2v) is 5.70. The smallest absolute Gasteiger partial charge is 0.326 e. The zero-order valence-corrected chi connectivity index (χ0v) is 13.7. The number of hydrogen-bond donors (Lipinski definition) is 2. The van der Waals surface area contributed by atoms with Gasteiger partial charge in [0.15, 0.2) is 0 Å². The van der Waals surface area contributed by atoms with Crippen molar-refractivity contribution >= 4 is 39.1 Å². The quantitative estimate of drug-likeness (QED) is 0.810. The van der Waals surface area contributed by atoms with Crippen molar-refractivity contribution in [3.63, 3.8) is 0 Å². The summed E-state index contributed by atoms with van der Waals surface area (Å²) in [5, 5.41) is 4.31. The molecule has 0 aliphatic carbocycles. The number of hydrogen-bond acceptors (Lipinski definition) is 2. The summed E-state index contributed by atoms with van der Waals surface area (Å²) in [6.45, 7) is 0. The average Bonchev–Trinajstić information content (AvgIpc) is 2.49. The van der Waals surface area contributed by atoms with Gasteiger partial charge in [0.25, 0.3) is 0 Å². The molecule has 4 nitrogen and oxygen atoms in total. The Morgan fingerprint density at radius 3 is 2.21 bits per heavy atom. The molecule has 2 amide bonds. The molecule has 0 radical (unpaired) electrons. The largest absolute Gasteiger partial charge is 0.471 e. The molecule has 2 aromatic carbocycles. The first-order valence-corrected chi connectivity index (χ1v) is 7.56. The number of amides is 2. The van der Waals surface area contributed by atoms with E-state index in [4.69, 9.17) is 0 Å². The van der Waals surface area contributed by atoms with E-state index in [0.717, 1.165) is 10.0 Å². The molecule has 0 saturated carbocycles. The van der Waals surface area contributed by atoms with Crippen LogP contribution in [-0.2, 0) is 16.0 Å². The first-order chi connectivity index (χ1) is 11.3. The van der Waals surface area contributed by atoms with Crippen LogP contribution in [-0.4, -0.2) is 18.0 Å². The van der Waals surface area contributed by atoms with Gasteiger partial charge in [0, 0.05) is 15.8 Å². The molecule has 0 heterocycles. The fraction of sp³-hybridized carbons (Fsp3) is 0.125. The number of carbonyl (C=O) groups is 2. The van der Waals surface area contributed by atoms with E-state index >= 15 is 0 Å². The Labute approximate surface area is 144 Å². The van der Waals surface area contributed by atoms with Crippen molar-refractivity contribution in [2.45, 2.75) is 12.6 Å². The number of anilines is 2. The van der Waals surface area contributed by atoms with Crippen LogP contribution in [0, 0.1) is 0 Å². The monoisotopic (exact) mass is 400 g/mol. The first-order valence-electron chi connectivity index (χ1n) is 6.77. The van der Waals surface area contributed by atoms with E-state index in [-0.39, 0.29) is 23.7 Å². The van der Waals surface area contributed by atoms with Crippen LogP contribution < -0.4 is 10.6 Å². The van der Waals surface area contributed by atoms with E-state index in [2.05, 4.69) is 21.2 Å². The van der Waals surface area contributed by atoms with E-state index in [1.54, 1.807) is 23.5 Å². The molecule has 0 bridgehead atoms. The molecule has 0 spiro atoms. The van der Waals surface area contributed by atoms with Gasteiger partial charge < -0.3 is 10.6 Å². The van der Waals surface area contributed by atoms with Gasteiger partial charge in [-0.05, 0) is 29.8 Å². The lowest BCUT2D eigenvalue weighted by molar-refractivity contribution is -0.167. The predicted molar refractivity (Wildman–Crippen MR) is 87.6 cm³/mol. The minimum atomic E-state index is -4.97. The molecule has 0 saturated heterocycles. The highest BCUT2D eigenvalue weighted by Crippen LogP contribution is 2.21. The van der Waals surface area contributed by atoms with Crippen molar-refractivity contribution in [3.8, 4) is 0 Å². The van der Waals surface area contributed by atoms with E-state index < -0.39 is 12.1 Å². The lowest BCUT2D eigenvalue weighted by Gasteiger charge is -2.10. The number of alkyl halides is 3. The van der Waals surface area contributed by atoms with Gasteiger partial charge in [-0.1, -0.05) is 40.2 Å². The Hall–Kier alpha value is -2.35. The third-order valence-corrected chi connectivity index (χ3v) is 3.74. The molecule has 0 unspecified atom stereocenters. The zero-order valence-electron chi connectivity index (χ0n) is 12.2. The van der Waals surface area contributed by atoms with Crippen molar-refractivity contribution in [1.82, 2.24) is 0 Å². The summed E-state index contributed by atoms with van der Waals surface area (Å²) in [5.74, 6) is -2.40. The van der Waals surface area contributed by atoms with Crippen molar-refractivity contribution in [2.24, 2.45) is 0 Å². The van der Waals surface area contributed by atoms with Gasteiger partial charge in [0.05, 0.1) is 6.42 Å². The van der Waals surface area contributed by atoms with Crippen molar-refractivity contribution < 1.29 is 22.8 Å². The zero-order chi connectivity index (χ0) is 17.7. The molecule has 126 valence electrons. The van der Waals surface area contributed by atoms with Gasteiger partial charge in [0.1, 0.15) is 0 Å². The Morgan fingerprint density at radius 1 is 0.958 bits per heavy atom. The maximum absolute atomic E-state index is 12.2. The van der Waals surface area contributed by atoms with E-state index in [1.165, 1.54) is 24.3 Å². The highest BCUT2D eigenvalue weighted by atomic mass is 79.9. The SMILES string of the molecule is O=C(Cc1ccccc1Br)Nc1cccc(NC(=O)C(F)(F)F)c1. The highest BCUT2D eigenvalue weighted by molar-refractivity contribution is 9.10. The third kappa shape index (κ3) is 5.09. The molecule has 0 atom stereocenters. The van der Waals surface area contributed by atoms with Crippen molar-refractivity contribution in [2.75, 3.05) is 10.6 Å². The van der Waals surface area contributed by atoms with E-state index in [0.29, 0.717) is 0 Å².